The number of rotatable bonds is 8. The van der Waals surface area contributed by atoms with Gasteiger partial charge in [-0.05, 0) is 44.5 Å². The van der Waals surface area contributed by atoms with Gasteiger partial charge in [-0.2, -0.15) is 0 Å². The van der Waals surface area contributed by atoms with Gasteiger partial charge in [0.05, 0.1) is 43.4 Å². The summed E-state index contributed by atoms with van der Waals surface area (Å²) in [7, 11) is 1.69. The Morgan fingerprint density at radius 2 is 1.97 bits per heavy atom. The number of likely N-dealkylation sites (tertiary alicyclic amines) is 1. The Labute approximate surface area is 182 Å². The van der Waals surface area contributed by atoms with E-state index in [2.05, 4.69) is 14.9 Å². The molecule has 2 aliphatic rings. The quantitative estimate of drug-likeness (QED) is 0.547. The Morgan fingerprint density at radius 1 is 1.13 bits per heavy atom. The molecule has 7 nitrogen and oxygen atoms in total. The number of aromatic amines is 1. The minimum Gasteiger partial charge on any atom is -0.493 e. The number of nitrogens with one attached hydrogen (secondary N) is 1. The summed E-state index contributed by atoms with van der Waals surface area (Å²) < 4.78 is 23.5. The number of aromatic nitrogens is 2. The predicted octanol–water partition coefficient (Wildman–Crippen LogP) is 4.15. The fourth-order valence-electron chi connectivity index (χ4n) is 4.61. The maximum atomic E-state index is 6.28. The van der Waals surface area contributed by atoms with Crippen LogP contribution in [-0.2, 0) is 4.74 Å². The molecule has 1 N–H and O–H groups in total. The van der Waals surface area contributed by atoms with Crippen molar-refractivity contribution in [3.05, 3.63) is 24.4 Å². The van der Waals surface area contributed by atoms with Crippen LogP contribution in [0.25, 0.3) is 21.8 Å². The maximum absolute atomic E-state index is 6.28. The van der Waals surface area contributed by atoms with Gasteiger partial charge in [0.15, 0.2) is 11.5 Å². The van der Waals surface area contributed by atoms with E-state index in [0.29, 0.717) is 12.5 Å². The second kappa shape index (κ2) is 9.32. The van der Waals surface area contributed by atoms with Crippen molar-refractivity contribution in [3.8, 4) is 17.4 Å². The third kappa shape index (κ3) is 4.43. The van der Waals surface area contributed by atoms with E-state index in [1.807, 2.05) is 18.2 Å². The van der Waals surface area contributed by atoms with Crippen LogP contribution >= 0.6 is 0 Å². The number of hydrogen-bond acceptors (Lipinski definition) is 6. The Kier molecular flexibility index (Phi) is 6.13. The normalized spacial score (nSPS) is 18.1. The van der Waals surface area contributed by atoms with Crippen LogP contribution in [0, 0.1) is 0 Å². The molecule has 0 radical (unpaired) electrons. The molecule has 0 saturated carbocycles. The molecule has 31 heavy (non-hydrogen) atoms. The summed E-state index contributed by atoms with van der Waals surface area (Å²) in [5.74, 6) is 2.16. The van der Waals surface area contributed by atoms with Crippen molar-refractivity contribution >= 4 is 21.8 Å². The molecule has 0 unspecified atom stereocenters. The molecule has 166 valence electrons. The molecule has 0 amide bonds. The van der Waals surface area contributed by atoms with E-state index in [-0.39, 0.29) is 6.10 Å². The highest BCUT2D eigenvalue weighted by molar-refractivity contribution is 6.10. The molecule has 0 atom stereocenters. The summed E-state index contributed by atoms with van der Waals surface area (Å²) in [5.41, 5.74) is 2.00. The molecule has 0 bridgehead atoms. The second-order valence-corrected chi connectivity index (χ2v) is 8.39. The lowest BCUT2D eigenvalue weighted by molar-refractivity contribution is 0.0244. The van der Waals surface area contributed by atoms with Gasteiger partial charge < -0.3 is 28.8 Å². The topological polar surface area (TPSA) is 68.8 Å². The zero-order valence-corrected chi connectivity index (χ0v) is 18.2. The first-order chi connectivity index (χ1) is 15.3. The lowest BCUT2D eigenvalue weighted by atomic mass is 10.1. The van der Waals surface area contributed by atoms with Crippen molar-refractivity contribution in [1.82, 2.24) is 14.9 Å². The minimum atomic E-state index is 0.136. The summed E-state index contributed by atoms with van der Waals surface area (Å²) in [6.07, 6.45) is 7.36. The molecule has 2 aromatic heterocycles. The van der Waals surface area contributed by atoms with E-state index < -0.39 is 0 Å². The number of ether oxygens (including phenoxy) is 4. The average Bonchev–Trinajstić information content (AvgIpc) is 3.44. The number of benzene rings is 1. The van der Waals surface area contributed by atoms with Gasteiger partial charge in [0.25, 0.3) is 0 Å². The van der Waals surface area contributed by atoms with E-state index >= 15 is 0 Å². The van der Waals surface area contributed by atoms with Crippen LogP contribution in [0.15, 0.2) is 24.4 Å². The SMILES string of the molecule is COc1cc2c(cc1OCCCN1CCCC1)[nH]c1ccnc(OC3CCOCC3)c12. The highest BCUT2D eigenvalue weighted by Crippen LogP contribution is 2.39. The smallest absolute Gasteiger partial charge is 0.223 e. The van der Waals surface area contributed by atoms with Crippen molar-refractivity contribution in [2.24, 2.45) is 0 Å². The fourth-order valence-corrected chi connectivity index (χ4v) is 4.61. The molecule has 1 aromatic carbocycles. The van der Waals surface area contributed by atoms with Gasteiger partial charge in [-0.3, -0.25) is 0 Å². The van der Waals surface area contributed by atoms with Crippen molar-refractivity contribution < 1.29 is 18.9 Å². The highest BCUT2D eigenvalue weighted by Gasteiger charge is 2.20. The predicted molar refractivity (Wildman–Crippen MR) is 120 cm³/mol. The zero-order valence-electron chi connectivity index (χ0n) is 18.2. The average molecular weight is 426 g/mol. The highest BCUT2D eigenvalue weighted by atomic mass is 16.5. The van der Waals surface area contributed by atoms with Gasteiger partial charge in [-0.25, -0.2) is 4.98 Å². The summed E-state index contributed by atoms with van der Waals surface area (Å²) in [6.45, 7) is 5.68. The van der Waals surface area contributed by atoms with Crippen molar-refractivity contribution in [2.45, 2.75) is 38.2 Å². The van der Waals surface area contributed by atoms with E-state index in [4.69, 9.17) is 18.9 Å². The zero-order chi connectivity index (χ0) is 21.0. The monoisotopic (exact) mass is 425 g/mol. The van der Waals surface area contributed by atoms with Gasteiger partial charge in [0.1, 0.15) is 6.10 Å². The molecule has 5 rings (SSSR count). The summed E-state index contributed by atoms with van der Waals surface area (Å²) in [5, 5.41) is 2.02. The molecule has 2 aliphatic heterocycles. The lowest BCUT2D eigenvalue weighted by Crippen LogP contribution is -2.26. The number of methoxy groups -OCH3 is 1. The molecule has 0 aliphatic carbocycles. The van der Waals surface area contributed by atoms with Gasteiger partial charge in [0, 0.05) is 37.0 Å². The summed E-state index contributed by atoms with van der Waals surface area (Å²) >= 11 is 0. The fraction of sp³-hybridized carbons (Fsp3) is 0.542. The maximum Gasteiger partial charge on any atom is 0.223 e. The van der Waals surface area contributed by atoms with Crippen LogP contribution in [0.5, 0.6) is 17.4 Å². The van der Waals surface area contributed by atoms with Gasteiger partial charge in [-0.1, -0.05) is 0 Å². The molecular formula is C24H31N3O4. The molecular weight excluding hydrogens is 394 g/mol. The number of nitrogens with zero attached hydrogens (tertiary/aromatic N) is 2. The van der Waals surface area contributed by atoms with Crippen molar-refractivity contribution in [2.75, 3.05) is 46.6 Å². The number of pyridine rings is 1. The third-order valence-electron chi connectivity index (χ3n) is 6.28. The van der Waals surface area contributed by atoms with Crippen molar-refractivity contribution in [1.29, 1.82) is 0 Å². The third-order valence-corrected chi connectivity index (χ3v) is 6.28. The van der Waals surface area contributed by atoms with Crippen LogP contribution in [-0.4, -0.2) is 67.5 Å². The number of fused-ring (bicyclic) bond motifs is 3. The Morgan fingerprint density at radius 3 is 2.77 bits per heavy atom. The minimum absolute atomic E-state index is 0.136. The molecule has 3 aromatic rings. The summed E-state index contributed by atoms with van der Waals surface area (Å²) in [6, 6.07) is 6.04. The summed E-state index contributed by atoms with van der Waals surface area (Å²) in [4.78, 5) is 10.5. The van der Waals surface area contributed by atoms with Gasteiger partial charge in [-0.15, -0.1) is 0 Å². The van der Waals surface area contributed by atoms with E-state index in [9.17, 15) is 0 Å². The van der Waals surface area contributed by atoms with Crippen LogP contribution in [0.4, 0.5) is 0 Å². The van der Waals surface area contributed by atoms with Crippen LogP contribution in [0.2, 0.25) is 0 Å². The molecule has 4 heterocycles. The Bertz CT molecular complexity index is 1020. The van der Waals surface area contributed by atoms with E-state index in [1.165, 1.54) is 25.9 Å². The molecule has 2 saturated heterocycles. The molecule has 2 fully saturated rings. The standard InChI is InChI=1S/C24H31N3O4/c1-28-21-15-18-20(16-22(21)30-12-4-11-27-9-2-3-10-27)26-19-5-8-25-24(23(18)19)31-17-6-13-29-14-7-17/h5,8,15-17,26H,2-4,6-7,9-14H2,1H3. The van der Waals surface area contributed by atoms with Crippen molar-refractivity contribution in [3.63, 3.8) is 0 Å². The molecule has 0 spiro atoms. The Balaban J connectivity index is 1.38. The largest absolute Gasteiger partial charge is 0.493 e. The Hall–Kier alpha value is -2.51. The number of H-pyrrole nitrogens is 1. The lowest BCUT2D eigenvalue weighted by Gasteiger charge is -2.23. The van der Waals surface area contributed by atoms with Gasteiger partial charge >= 0.3 is 0 Å². The van der Waals surface area contributed by atoms with E-state index in [0.717, 1.165) is 72.3 Å². The van der Waals surface area contributed by atoms with Gasteiger partial charge in [0.2, 0.25) is 5.88 Å². The van der Waals surface area contributed by atoms with Crippen LogP contribution in [0.1, 0.15) is 32.1 Å². The first kappa shape index (κ1) is 20.4. The second-order valence-electron chi connectivity index (χ2n) is 8.39. The van der Waals surface area contributed by atoms with E-state index in [1.54, 1.807) is 13.3 Å². The number of hydrogen-bond donors (Lipinski definition) is 1. The van der Waals surface area contributed by atoms with Crippen LogP contribution < -0.4 is 14.2 Å². The first-order valence-electron chi connectivity index (χ1n) is 11.4. The molecule has 7 heteroatoms. The first-order valence-corrected chi connectivity index (χ1v) is 11.4. The van der Waals surface area contributed by atoms with Crippen LogP contribution in [0.3, 0.4) is 0 Å².